The molecule has 6 rings (SSSR count). The molecule has 47 heavy (non-hydrogen) atoms. The van der Waals surface area contributed by atoms with Gasteiger partial charge in [0.05, 0.1) is 6.20 Å². The van der Waals surface area contributed by atoms with Crippen LogP contribution in [0.5, 0.6) is 11.8 Å². The number of carbonyl (C=O) groups excluding carboxylic acids is 1. The van der Waals surface area contributed by atoms with Crippen molar-refractivity contribution < 1.29 is 27.1 Å². The molecule has 0 radical (unpaired) electrons. The smallest absolute Gasteiger partial charge is 0.421 e. The van der Waals surface area contributed by atoms with Crippen molar-refractivity contribution in [3.8, 4) is 44.5 Å². The lowest BCUT2D eigenvalue weighted by Crippen LogP contribution is -2.11. The van der Waals surface area contributed by atoms with Gasteiger partial charge in [-0.05, 0) is 60.9 Å². The number of carbonyl (C=O) groups is 1. The van der Waals surface area contributed by atoms with E-state index in [4.69, 9.17) is 10.5 Å². The van der Waals surface area contributed by atoms with Crippen LogP contribution in [0.3, 0.4) is 0 Å². The van der Waals surface area contributed by atoms with Crippen molar-refractivity contribution in [2.24, 2.45) is 7.05 Å². The number of hydrogen-bond acceptors (Lipinski definition) is 8. The van der Waals surface area contributed by atoms with Crippen LogP contribution in [0.25, 0.3) is 42.8 Å². The van der Waals surface area contributed by atoms with Crippen molar-refractivity contribution >= 4 is 38.8 Å². The summed E-state index contributed by atoms with van der Waals surface area (Å²) in [5, 5.41) is 7.68. The molecule has 0 fully saturated rings. The van der Waals surface area contributed by atoms with Crippen LogP contribution in [0.4, 0.5) is 29.1 Å². The van der Waals surface area contributed by atoms with Crippen LogP contribution in [-0.2, 0) is 18.0 Å². The molecule has 0 spiro atoms. The molecule has 6 aromatic rings. The van der Waals surface area contributed by atoms with Crippen molar-refractivity contribution in [1.29, 1.82) is 0 Å². The van der Waals surface area contributed by atoms with Gasteiger partial charge in [0.2, 0.25) is 0 Å². The first-order valence-corrected chi connectivity index (χ1v) is 14.8. The number of aromatic nitrogens is 5. The molecular formula is C33H25F4N7O2S. The highest BCUT2D eigenvalue weighted by Gasteiger charge is 2.33. The lowest BCUT2D eigenvalue weighted by molar-refractivity contribution is -0.141. The zero-order valence-electron chi connectivity index (χ0n) is 25.1. The van der Waals surface area contributed by atoms with E-state index >= 15 is 4.39 Å². The largest absolute Gasteiger partial charge is 0.433 e. The summed E-state index contributed by atoms with van der Waals surface area (Å²) in [4.78, 5) is 24.5. The van der Waals surface area contributed by atoms with Gasteiger partial charge in [0.25, 0.3) is 5.91 Å². The minimum absolute atomic E-state index is 0.214. The van der Waals surface area contributed by atoms with E-state index in [1.165, 1.54) is 23.5 Å². The normalized spacial score (nSPS) is 11.6. The predicted molar refractivity (Wildman–Crippen MR) is 172 cm³/mol. The van der Waals surface area contributed by atoms with Gasteiger partial charge in [-0.1, -0.05) is 18.7 Å². The van der Waals surface area contributed by atoms with Gasteiger partial charge < -0.3 is 15.8 Å². The number of benzene rings is 2. The number of nitrogens with two attached hydrogens (primary N) is 1. The Kier molecular flexibility index (Phi) is 7.97. The number of alkyl halides is 3. The minimum atomic E-state index is -4.73. The highest BCUT2D eigenvalue weighted by atomic mass is 32.1. The molecule has 14 heteroatoms. The van der Waals surface area contributed by atoms with E-state index in [9.17, 15) is 18.0 Å². The Labute approximate surface area is 269 Å². The number of amides is 1. The summed E-state index contributed by atoms with van der Waals surface area (Å²) in [5.41, 5.74) is 10.4. The molecule has 4 aromatic heterocycles. The molecular weight excluding hydrogens is 634 g/mol. The molecule has 0 aliphatic rings. The Morgan fingerprint density at radius 1 is 1.06 bits per heavy atom. The standard InChI is InChI=1S/C33H25F4N7O2S/c1-16(2)31(45)42-20-6-7-21(17(3)11-20)28-26(27-29(47-28)22(14-40-30(27)38)19-13-41-44(4)15-19)18-5-8-24(23(34)12-18)46-32-39-10-9-25(43-32)33(35,36)37/h5-15H,1H2,2-4H3,(H2,38,40)(H,42,45). The SMILES string of the molecule is C=C(C)C(=O)Nc1ccc(-c2sc3c(-c4cnn(C)c4)cnc(N)c3c2-c2ccc(Oc3nccc(C(F)(F)F)n3)c(F)c2)c(C)c1. The summed E-state index contributed by atoms with van der Waals surface area (Å²) in [5.74, 6) is -1.33. The van der Waals surface area contributed by atoms with Gasteiger partial charge in [0.1, 0.15) is 5.82 Å². The maximum atomic E-state index is 15.7. The van der Waals surface area contributed by atoms with Crippen molar-refractivity contribution in [2.45, 2.75) is 20.0 Å². The Hall–Kier alpha value is -5.63. The predicted octanol–water partition coefficient (Wildman–Crippen LogP) is 8.18. The van der Waals surface area contributed by atoms with E-state index in [2.05, 4.69) is 31.9 Å². The summed E-state index contributed by atoms with van der Waals surface area (Å²) >= 11 is 1.43. The summed E-state index contributed by atoms with van der Waals surface area (Å²) in [7, 11) is 1.80. The third-order valence-electron chi connectivity index (χ3n) is 7.22. The fraction of sp³-hybridized carbons (Fsp3) is 0.121. The maximum absolute atomic E-state index is 15.7. The first kappa shape index (κ1) is 31.4. The first-order chi connectivity index (χ1) is 22.3. The molecule has 3 N–H and O–H groups in total. The van der Waals surface area contributed by atoms with E-state index in [0.29, 0.717) is 33.8 Å². The van der Waals surface area contributed by atoms with E-state index in [-0.39, 0.29) is 17.5 Å². The number of anilines is 2. The number of ether oxygens (including phenoxy) is 1. The monoisotopic (exact) mass is 659 g/mol. The number of fused-ring (bicyclic) bond motifs is 1. The molecule has 0 bridgehead atoms. The van der Waals surface area contributed by atoms with Gasteiger partial charge in [-0.15, -0.1) is 11.3 Å². The average molecular weight is 660 g/mol. The highest BCUT2D eigenvalue weighted by molar-refractivity contribution is 7.23. The molecule has 4 heterocycles. The van der Waals surface area contributed by atoms with Gasteiger partial charge >= 0.3 is 12.2 Å². The summed E-state index contributed by atoms with van der Waals surface area (Å²) in [6.45, 7) is 7.17. The number of pyridine rings is 1. The topological polar surface area (TPSA) is 121 Å². The van der Waals surface area contributed by atoms with Crippen molar-refractivity contribution in [3.63, 3.8) is 0 Å². The van der Waals surface area contributed by atoms with Crippen molar-refractivity contribution in [2.75, 3.05) is 11.1 Å². The highest BCUT2D eigenvalue weighted by Crippen LogP contribution is 2.50. The average Bonchev–Trinajstić information content (AvgIpc) is 3.63. The third-order valence-corrected chi connectivity index (χ3v) is 8.48. The summed E-state index contributed by atoms with van der Waals surface area (Å²) in [6.07, 6.45) is 1.37. The second-order valence-corrected chi connectivity index (χ2v) is 11.7. The zero-order chi connectivity index (χ0) is 33.6. The molecule has 238 valence electrons. The van der Waals surface area contributed by atoms with Crippen molar-refractivity contribution in [1.82, 2.24) is 24.7 Å². The van der Waals surface area contributed by atoms with Crippen LogP contribution in [-0.4, -0.2) is 30.6 Å². The Balaban J connectivity index is 1.51. The lowest BCUT2D eigenvalue weighted by Gasteiger charge is -2.13. The van der Waals surface area contributed by atoms with E-state index in [1.54, 1.807) is 43.2 Å². The van der Waals surface area contributed by atoms with Crippen LogP contribution in [0, 0.1) is 12.7 Å². The van der Waals surface area contributed by atoms with Crippen LogP contribution >= 0.6 is 11.3 Å². The molecule has 0 saturated heterocycles. The molecule has 0 saturated carbocycles. The number of hydrogen-bond donors (Lipinski definition) is 2. The molecule has 0 aliphatic carbocycles. The van der Waals surface area contributed by atoms with E-state index in [0.717, 1.165) is 38.0 Å². The second-order valence-electron chi connectivity index (χ2n) is 10.7. The Morgan fingerprint density at radius 3 is 2.51 bits per heavy atom. The number of halogens is 4. The van der Waals surface area contributed by atoms with E-state index in [1.807, 2.05) is 25.3 Å². The fourth-order valence-corrected chi connectivity index (χ4v) is 6.43. The maximum Gasteiger partial charge on any atom is 0.433 e. The number of rotatable bonds is 7. The van der Waals surface area contributed by atoms with Gasteiger partial charge in [-0.2, -0.15) is 23.3 Å². The molecule has 9 nitrogen and oxygen atoms in total. The van der Waals surface area contributed by atoms with Gasteiger partial charge in [-0.25, -0.2) is 14.4 Å². The number of nitrogen functional groups attached to an aromatic ring is 1. The quantitative estimate of drug-likeness (QED) is 0.131. The van der Waals surface area contributed by atoms with Crippen LogP contribution in [0.15, 0.2) is 79.4 Å². The molecule has 0 atom stereocenters. The van der Waals surface area contributed by atoms with Crippen LogP contribution in [0.1, 0.15) is 18.2 Å². The molecule has 0 aliphatic heterocycles. The minimum Gasteiger partial charge on any atom is -0.421 e. The number of thiophene rings is 1. The first-order valence-electron chi connectivity index (χ1n) is 14.0. The zero-order valence-corrected chi connectivity index (χ0v) is 25.9. The number of nitrogens with one attached hydrogen (secondary N) is 1. The Morgan fingerprint density at radius 2 is 1.85 bits per heavy atom. The van der Waals surface area contributed by atoms with Gasteiger partial charge in [-0.3, -0.25) is 9.48 Å². The third kappa shape index (κ3) is 6.14. The fourth-order valence-electron chi connectivity index (χ4n) is 4.97. The second kappa shape index (κ2) is 11.9. The molecule has 0 unspecified atom stereocenters. The van der Waals surface area contributed by atoms with Crippen molar-refractivity contribution in [3.05, 3.63) is 96.5 Å². The molecule has 1 amide bonds. The lowest BCUT2D eigenvalue weighted by atomic mass is 9.95. The van der Waals surface area contributed by atoms with E-state index < -0.39 is 23.7 Å². The molecule has 2 aromatic carbocycles. The van der Waals surface area contributed by atoms with Gasteiger partial charge in [0, 0.05) is 68.6 Å². The Bertz CT molecular complexity index is 2210. The summed E-state index contributed by atoms with van der Waals surface area (Å²) < 4.78 is 62.9. The van der Waals surface area contributed by atoms with Crippen LogP contribution in [0.2, 0.25) is 0 Å². The summed E-state index contributed by atoms with van der Waals surface area (Å²) in [6, 6.07) is 9.54. The number of aryl methyl sites for hydroxylation is 2. The van der Waals surface area contributed by atoms with Crippen LogP contribution < -0.4 is 15.8 Å². The number of nitrogens with zero attached hydrogens (tertiary/aromatic N) is 5. The van der Waals surface area contributed by atoms with Gasteiger partial charge in [0.15, 0.2) is 17.3 Å².